The summed E-state index contributed by atoms with van der Waals surface area (Å²) >= 11 is 0. The highest BCUT2D eigenvalue weighted by Gasteiger charge is 2.18. The SMILES string of the molecule is CC1=CCC(C=NNc2nnc3c(n2)[nH]c2ccccc23)C(C)C1. The maximum absolute atomic E-state index is 4.46. The van der Waals surface area contributed by atoms with E-state index in [4.69, 9.17) is 0 Å². The van der Waals surface area contributed by atoms with Crippen molar-refractivity contribution in [2.24, 2.45) is 16.9 Å². The number of nitrogens with one attached hydrogen (secondary N) is 2. The Morgan fingerprint density at radius 1 is 1.29 bits per heavy atom. The maximum Gasteiger partial charge on any atom is 0.265 e. The molecule has 1 aliphatic carbocycles. The van der Waals surface area contributed by atoms with Crippen LogP contribution in [0, 0.1) is 11.8 Å². The summed E-state index contributed by atoms with van der Waals surface area (Å²) in [7, 11) is 0. The second-order valence-electron chi connectivity index (χ2n) is 6.52. The Morgan fingerprint density at radius 3 is 3.04 bits per heavy atom. The van der Waals surface area contributed by atoms with Gasteiger partial charge in [0.05, 0.1) is 0 Å². The quantitative estimate of drug-likeness (QED) is 0.436. The third-order valence-electron chi connectivity index (χ3n) is 4.67. The van der Waals surface area contributed by atoms with Crippen molar-refractivity contribution in [3.8, 4) is 0 Å². The number of nitrogens with zero attached hydrogens (tertiary/aromatic N) is 4. The van der Waals surface area contributed by atoms with E-state index < -0.39 is 0 Å². The van der Waals surface area contributed by atoms with Crippen molar-refractivity contribution < 1.29 is 0 Å². The van der Waals surface area contributed by atoms with Gasteiger partial charge in [-0.25, -0.2) is 5.43 Å². The van der Waals surface area contributed by atoms with Crippen LogP contribution in [0.2, 0.25) is 0 Å². The molecular weight excluding hydrogens is 300 g/mol. The van der Waals surface area contributed by atoms with Gasteiger partial charge in [-0.3, -0.25) is 0 Å². The smallest absolute Gasteiger partial charge is 0.265 e. The molecule has 2 atom stereocenters. The molecule has 24 heavy (non-hydrogen) atoms. The van der Waals surface area contributed by atoms with Crippen molar-refractivity contribution in [3.05, 3.63) is 35.9 Å². The Bertz CT molecular complexity index is 939. The van der Waals surface area contributed by atoms with Gasteiger partial charge in [-0.15, -0.1) is 10.2 Å². The molecule has 0 bridgehead atoms. The minimum absolute atomic E-state index is 0.403. The van der Waals surface area contributed by atoms with Crippen LogP contribution in [0.5, 0.6) is 0 Å². The summed E-state index contributed by atoms with van der Waals surface area (Å²) in [4.78, 5) is 7.72. The molecular formula is C18H20N6. The van der Waals surface area contributed by atoms with E-state index >= 15 is 0 Å². The molecule has 0 amide bonds. The second-order valence-corrected chi connectivity index (χ2v) is 6.52. The van der Waals surface area contributed by atoms with Crippen molar-refractivity contribution in [3.63, 3.8) is 0 Å². The molecule has 0 saturated heterocycles. The average molecular weight is 320 g/mol. The van der Waals surface area contributed by atoms with Crippen LogP contribution in [0.25, 0.3) is 22.1 Å². The first-order chi connectivity index (χ1) is 11.7. The molecule has 0 radical (unpaired) electrons. The highest BCUT2D eigenvalue weighted by atomic mass is 15.4. The molecule has 4 rings (SSSR count). The number of allylic oxidation sites excluding steroid dienone is 2. The van der Waals surface area contributed by atoms with Crippen molar-refractivity contribution >= 4 is 34.2 Å². The predicted octanol–water partition coefficient (Wildman–Crippen LogP) is 3.90. The van der Waals surface area contributed by atoms with Crippen molar-refractivity contribution in [2.45, 2.75) is 26.7 Å². The van der Waals surface area contributed by atoms with Gasteiger partial charge < -0.3 is 4.98 Å². The summed E-state index contributed by atoms with van der Waals surface area (Å²) in [5.41, 5.74) is 6.88. The molecule has 0 fully saturated rings. The van der Waals surface area contributed by atoms with Crippen LogP contribution in [0.1, 0.15) is 26.7 Å². The van der Waals surface area contributed by atoms with Crippen LogP contribution >= 0.6 is 0 Å². The number of hydrazone groups is 1. The Morgan fingerprint density at radius 2 is 2.17 bits per heavy atom. The van der Waals surface area contributed by atoms with E-state index in [1.807, 2.05) is 30.5 Å². The van der Waals surface area contributed by atoms with Gasteiger partial charge in [-0.1, -0.05) is 36.8 Å². The number of hydrogen-bond acceptors (Lipinski definition) is 5. The van der Waals surface area contributed by atoms with Crippen molar-refractivity contribution in [1.29, 1.82) is 0 Å². The molecule has 6 heteroatoms. The third kappa shape index (κ3) is 2.75. The number of H-pyrrole nitrogens is 1. The van der Waals surface area contributed by atoms with Crippen LogP contribution in [0.3, 0.4) is 0 Å². The number of fused-ring (bicyclic) bond motifs is 3. The first-order valence-corrected chi connectivity index (χ1v) is 8.26. The summed E-state index contributed by atoms with van der Waals surface area (Å²) in [6.45, 7) is 4.46. The van der Waals surface area contributed by atoms with Crippen molar-refractivity contribution in [1.82, 2.24) is 20.2 Å². The fraction of sp³-hybridized carbons (Fsp3) is 0.333. The topological polar surface area (TPSA) is 78.8 Å². The Hall–Kier alpha value is -2.76. The molecule has 2 unspecified atom stereocenters. The van der Waals surface area contributed by atoms with Gasteiger partial charge in [-0.2, -0.15) is 10.1 Å². The fourth-order valence-electron chi connectivity index (χ4n) is 3.28. The van der Waals surface area contributed by atoms with Gasteiger partial charge in [0, 0.05) is 23.0 Å². The summed E-state index contributed by atoms with van der Waals surface area (Å²) in [6.07, 6.45) is 6.44. The van der Waals surface area contributed by atoms with E-state index in [1.165, 1.54) is 5.57 Å². The lowest BCUT2D eigenvalue weighted by molar-refractivity contribution is 0.438. The number of anilines is 1. The van der Waals surface area contributed by atoms with Crippen molar-refractivity contribution in [2.75, 3.05) is 5.43 Å². The summed E-state index contributed by atoms with van der Waals surface area (Å²) in [5.74, 6) is 1.46. The highest BCUT2D eigenvalue weighted by molar-refractivity contribution is 6.03. The number of benzene rings is 1. The van der Waals surface area contributed by atoms with Crippen LogP contribution in [-0.4, -0.2) is 26.4 Å². The fourth-order valence-corrected chi connectivity index (χ4v) is 3.28. The highest BCUT2D eigenvalue weighted by Crippen LogP contribution is 2.27. The minimum atomic E-state index is 0.403. The van der Waals surface area contributed by atoms with E-state index in [2.05, 4.69) is 50.6 Å². The first-order valence-electron chi connectivity index (χ1n) is 8.26. The number of aromatic amines is 1. The Balaban J connectivity index is 1.52. The zero-order chi connectivity index (χ0) is 16.5. The van der Waals surface area contributed by atoms with Crippen LogP contribution in [-0.2, 0) is 0 Å². The van der Waals surface area contributed by atoms with E-state index in [0.717, 1.165) is 29.3 Å². The zero-order valence-electron chi connectivity index (χ0n) is 13.8. The number of aromatic nitrogens is 4. The molecule has 0 saturated carbocycles. The average Bonchev–Trinajstić information content (AvgIpc) is 2.94. The molecule has 6 nitrogen and oxygen atoms in total. The number of para-hydroxylation sites is 1. The maximum atomic E-state index is 4.46. The lowest BCUT2D eigenvalue weighted by atomic mass is 9.82. The zero-order valence-corrected chi connectivity index (χ0v) is 13.8. The molecule has 0 spiro atoms. The molecule has 2 heterocycles. The molecule has 1 aliphatic rings. The van der Waals surface area contributed by atoms with E-state index in [0.29, 0.717) is 23.4 Å². The normalized spacial score (nSPS) is 21.5. The van der Waals surface area contributed by atoms with Gasteiger partial charge in [0.1, 0.15) is 5.52 Å². The van der Waals surface area contributed by atoms with Gasteiger partial charge in [-0.05, 0) is 31.7 Å². The third-order valence-corrected chi connectivity index (χ3v) is 4.67. The minimum Gasteiger partial charge on any atom is -0.338 e. The summed E-state index contributed by atoms with van der Waals surface area (Å²) in [5, 5.41) is 13.7. The lowest BCUT2D eigenvalue weighted by Crippen LogP contribution is -2.17. The summed E-state index contributed by atoms with van der Waals surface area (Å²) < 4.78 is 0. The Kier molecular flexibility index (Phi) is 3.72. The van der Waals surface area contributed by atoms with E-state index in [1.54, 1.807) is 0 Å². The largest absolute Gasteiger partial charge is 0.338 e. The van der Waals surface area contributed by atoms with E-state index in [9.17, 15) is 0 Å². The molecule has 3 aromatic rings. The molecule has 2 N–H and O–H groups in total. The molecule has 1 aromatic carbocycles. The van der Waals surface area contributed by atoms with Crippen LogP contribution < -0.4 is 5.43 Å². The first kappa shape index (κ1) is 14.8. The van der Waals surface area contributed by atoms with Gasteiger partial charge in [0.15, 0.2) is 5.65 Å². The molecule has 2 aromatic heterocycles. The lowest BCUT2D eigenvalue weighted by Gasteiger charge is -2.24. The van der Waals surface area contributed by atoms with E-state index in [-0.39, 0.29) is 0 Å². The van der Waals surface area contributed by atoms with Gasteiger partial charge in [0.2, 0.25) is 0 Å². The second kappa shape index (κ2) is 6.03. The number of hydrogen-bond donors (Lipinski definition) is 2. The van der Waals surface area contributed by atoms with Gasteiger partial charge in [0.25, 0.3) is 5.95 Å². The van der Waals surface area contributed by atoms with Gasteiger partial charge >= 0.3 is 0 Å². The van der Waals surface area contributed by atoms with Crippen LogP contribution in [0.4, 0.5) is 5.95 Å². The monoisotopic (exact) mass is 320 g/mol. The summed E-state index contributed by atoms with van der Waals surface area (Å²) in [6, 6.07) is 7.98. The predicted molar refractivity (Wildman–Crippen MR) is 96.9 cm³/mol. The Labute approximate surface area is 140 Å². The molecule has 122 valence electrons. The standard InChI is InChI=1S/C18H20N6/c1-11-7-8-13(12(2)9-11)10-19-23-18-21-17-16(22-24-18)14-5-3-4-6-15(14)20-17/h3-7,10,12-13H,8-9H2,1-2H3,(H2,20,21,23,24). The van der Waals surface area contributed by atoms with Crippen LogP contribution in [0.15, 0.2) is 41.0 Å². The number of rotatable bonds is 3. The molecule has 0 aliphatic heterocycles.